The number of rotatable bonds is 5. The molecule has 0 aliphatic carbocycles. The number of amides is 1. The summed E-state index contributed by atoms with van der Waals surface area (Å²) in [4.78, 5) is 18.4. The maximum atomic E-state index is 12.4. The van der Waals surface area contributed by atoms with E-state index in [0.717, 1.165) is 30.2 Å². The number of pyridine rings is 1. The standard InChI is InChI=1S/C15H20N4O/c1-3-4-9-19(2)15(20)13-10-11-7-5-6-8-12(11)14(17-13)18-16/h5-8,10H,3-4,9,16H2,1-2H3,(H,17,18). The Morgan fingerprint density at radius 3 is 2.85 bits per heavy atom. The molecule has 0 saturated heterocycles. The van der Waals surface area contributed by atoms with Crippen molar-refractivity contribution in [3.8, 4) is 0 Å². The number of hydrogen-bond acceptors (Lipinski definition) is 4. The van der Waals surface area contributed by atoms with Gasteiger partial charge in [-0.25, -0.2) is 10.8 Å². The first-order valence-corrected chi connectivity index (χ1v) is 6.79. The molecule has 1 aromatic carbocycles. The summed E-state index contributed by atoms with van der Waals surface area (Å²) >= 11 is 0. The largest absolute Gasteiger partial charge is 0.340 e. The summed E-state index contributed by atoms with van der Waals surface area (Å²) in [6.07, 6.45) is 2.04. The number of aromatic nitrogens is 1. The van der Waals surface area contributed by atoms with E-state index in [1.165, 1.54) is 0 Å². The summed E-state index contributed by atoms with van der Waals surface area (Å²) in [6, 6.07) is 9.52. The number of fused-ring (bicyclic) bond motifs is 1. The van der Waals surface area contributed by atoms with Gasteiger partial charge in [0.25, 0.3) is 5.91 Å². The smallest absolute Gasteiger partial charge is 0.272 e. The van der Waals surface area contributed by atoms with Crippen LogP contribution in [0.3, 0.4) is 0 Å². The van der Waals surface area contributed by atoms with E-state index >= 15 is 0 Å². The first-order valence-electron chi connectivity index (χ1n) is 6.79. The van der Waals surface area contributed by atoms with Gasteiger partial charge in [0.15, 0.2) is 0 Å². The number of nitrogens with two attached hydrogens (primary N) is 1. The number of nitrogens with zero attached hydrogens (tertiary/aromatic N) is 2. The summed E-state index contributed by atoms with van der Waals surface area (Å²) in [5, 5.41) is 1.85. The van der Waals surface area contributed by atoms with Gasteiger partial charge in [-0.15, -0.1) is 0 Å². The molecule has 0 aliphatic heterocycles. The Morgan fingerprint density at radius 1 is 1.40 bits per heavy atom. The molecule has 20 heavy (non-hydrogen) atoms. The highest BCUT2D eigenvalue weighted by atomic mass is 16.2. The normalized spacial score (nSPS) is 10.6. The second-order valence-electron chi connectivity index (χ2n) is 4.80. The van der Waals surface area contributed by atoms with Crippen LogP contribution in [0.15, 0.2) is 30.3 Å². The molecule has 5 heteroatoms. The molecule has 2 rings (SSSR count). The molecule has 1 aromatic heterocycles. The van der Waals surface area contributed by atoms with Crippen molar-refractivity contribution in [1.82, 2.24) is 9.88 Å². The lowest BCUT2D eigenvalue weighted by Crippen LogP contribution is -2.28. The van der Waals surface area contributed by atoms with Crippen LogP contribution < -0.4 is 11.3 Å². The Hall–Kier alpha value is -2.14. The van der Waals surface area contributed by atoms with Crippen LogP contribution in [-0.2, 0) is 0 Å². The fourth-order valence-electron chi connectivity index (χ4n) is 2.11. The maximum absolute atomic E-state index is 12.4. The van der Waals surface area contributed by atoms with Gasteiger partial charge in [-0.1, -0.05) is 37.6 Å². The average molecular weight is 272 g/mol. The SMILES string of the molecule is CCCCN(C)C(=O)c1cc2ccccc2c(NN)n1. The molecule has 0 radical (unpaired) electrons. The van der Waals surface area contributed by atoms with Gasteiger partial charge in [-0.2, -0.15) is 0 Å². The molecular formula is C15H20N4O. The molecule has 1 heterocycles. The van der Waals surface area contributed by atoms with Gasteiger partial charge in [0, 0.05) is 19.0 Å². The van der Waals surface area contributed by atoms with E-state index < -0.39 is 0 Å². The van der Waals surface area contributed by atoms with Gasteiger partial charge < -0.3 is 10.3 Å². The Morgan fingerprint density at radius 2 is 2.15 bits per heavy atom. The molecule has 0 spiro atoms. The lowest BCUT2D eigenvalue weighted by molar-refractivity contribution is 0.0788. The van der Waals surface area contributed by atoms with Crippen molar-refractivity contribution in [1.29, 1.82) is 0 Å². The van der Waals surface area contributed by atoms with Crippen molar-refractivity contribution >= 4 is 22.5 Å². The maximum Gasteiger partial charge on any atom is 0.272 e. The number of benzene rings is 1. The van der Waals surface area contributed by atoms with E-state index in [1.807, 2.05) is 24.3 Å². The van der Waals surface area contributed by atoms with Crippen molar-refractivity contribution in [3.63, 3.8) is 0 Å². The van der Waals surface area contributed by atoms with Crippen LogP contribution in [0.4, 0.5) is 5.82 Å². The van der Waals surface area contributed by atoms with Crippen LogP contribution >= 0.6 is 0 Å². The minimum atomic E-state index is -0.0827. The van der Waals surface area contributed by atoms with E-state index in [1.54, 1.807) is 18.0 Å². The van der Waals surface area contributed by atoms with Gasteiger partial charge in [-0.3, -0.25) is 4.79 Å². The fourth-order valence-corrected chi connectivity index (χ4v) is 2.11. The van der Waals surface area contributed by atoms with Crippen LogP contribution in [0, 0.1) is 0 Å². The van der Waals surface area contributed by atoms with Crippen molar-refractivity contribution in [2.45, 2.75) is 19.8 Å². The molecule has 1 amide bonds. The number of nitrogen functional groups attached to an aromatic ring is 1. The molecule has 2 aromatic rings. The molecule has 0 saturated carbocycles. The Kier molecular flexibility index (Phi) is 4.53. The van der Waals surface area contributed by atoms with Crippen molar-refractivity contribution in [2.24, 2.45) is 5.84 Å². The van der Waals surface area contributed by atoms with Crippen LogP contribution in [0.1, 0.15) is 30.3 Å². The third-order valence-electron chi connectivity index (χ3n) is 3.29. The third kappa shape index (κ3) is 2.88. The second-order valence-corrected chi connectivity index (χ2v) is 4.80. The zero-order valence-corrected chi connectivity index (χ0v) is 11.9. The minimum absolute atomic E-state index is 0.0827. The van der Waals surface area contributed by atoms with E-state index in [4.69, 9.17) is 5.84 Å². The first-order chi connectivity index (χ1) is 9.67. The predicted octanol–water partition coefficient (Wildman–Crippen LogP) is 2.39. The summed E-state index contributed by atoms with van der Waals surface area (Å²) < 4.78 is 0. The van der Waals surface area contributed by atoms with Crippen molar-refractivity contribution in [3.05, 3.63) is 36.0 Å². The number of anilines is 1. The summed E-state index contributed by atoms with van der Waals surface area (Å²) in [7, 11) is 1.80. The quantitative estimate of drug-likeness (QED) is 0.647. The third-order valence-corrected chi connectivity index (χ3v) is 3.29. The van der Waals surface area contributed by atoms with Gasteiger partial charge >= 0.3 is 0 Å². The van der Waals surface area contributed by atoms with Crippen molar-refractivity contribution < 1.29 is 4.79 Å². The fraction of sp³-hybridized carbons (Fsp3) is 0.333. The van der Waals surface area contributed by atoms with Crippen LogP contribution in [-0.4, -0.2) is 29.4 Å². The van der Waals surface area contributed by atoms with E-state index in [0.29, 0.717) is 11.5 Å². The number of hydrogen-bond donors (Lipinski definition) is 2. The molecule has 0 unspecified atom stereocenters. The highest BCUT2D eigenvalue weighted by Gasteiger charge is 2.15. The molecule has 5 nitrogen and oxygen atoms in total. The molecular weight excluding hydrogens is 252 g/mol. The van der Waals surface area contributed by atoms with Crippen LogP contribution in [0.25, 0.3) is 10.8 Å². The molecule has 0 atom stereocenters. The minimum Gasteiger partial charge on any atom is -0.340 e. The number of carbonyl (C=O) groups excluding carboxylic acids is 1. The lowest BCUT2D eigenvalue weighted by Gasteiger charge is -2.17. The highest BCUT2D eigenvalue weighted by molar-refractivity contribution is 6.00. The molecule has 0 bridgehead atoms. The second kappa shape index (κ2) is 6.34. The number of unbranched alkanes of at least 4 members (excludes halogenated alkanes) is 1. The summed E-state index contributed by atoms with van der Waals surface area (Å²) in [6.45, 7) is 2.83. The first kappa shape index (κ1) is 14.3. The van der Waals surface area contributed by atoms with Crippen LogP contribution in [0.5, 0.6) is 0 Å². The number of carbonyl (C=O) groups is 1. The zero-order chi connectivity index (χ0) is 14.5. The average Bonchev–Trinajstić information content (AvgIpc) is 2.50. The van der Waals surface area contributed by atoms with Gasteiger partial charge in [0.05, 0.1) is 0 Å². The van der Waals surface area contributed by atoms with Gasteiger partial charge in [-0.05, 0) is 17.9 Å². The van der Waals surface area contributed by atoms with Gasteiger partial charge in [0.2, 0.25) is 0 Å². The Bertz CT molecular complexity index is 612. The Balaban J connectivity index is 2.37. The molecule has 106 valence electrons. The lowest BCUT2D eigenvalue weighted by atomic mass is 10.1. The van der Waals surface area contributed by atoms with E-state index in [9.17, 15) is 4.79 Å². The zero-order valence-electron chi connectivity index (χ0n) is 11.9. The number of hydrazine groups is 1. The predicted molar refractivity (Wildman–Crippen MR) is 81.4 cm³/mol. The van der Waals surface area contributed by atoms with E-state index in [-0.39, 0.29) is 5.91 Å². The van der Waals surface area contributed by atoms with Gasteiger partial charge in [0.1, 0.15) is 11.5 Å². The molecule has 3 N–H and O–H groups in total. The molecule has 0 fully saturated rings. The number of nitrogens with one attached hydrogen (secondary N) is 1. The Labute approximate surface area is 118 Å². The van der Waals surface area contributed by atoms with Crippen LogP contribution in [0.2, 0.25) is 0 Å². The monoisotopic (exact) mass is 272 g/mol. The van der Waals surface area contributed by atoms with Crippen molar-refractivity contribution in [2.75, 3.05) is 19.0 Å². The highest BCUT2D eigenvalue weighted by Crippen LogP contribution is 2.22. The summed E-state index contributed by atoms with van der Waals surface area (Å²) in [5.41, 5.74) is 2.98. The summed E-state index contributed by atoms with van der Waals surface area (Å²) in [5.74, 6) is 5.94. The molecule has 0 aliphatic rings. The van der Waals surface area contributed by atoms with E-state index in [2.05, 4.69) is 17.3 Å². The topological polar surface area (TPSA) is 71.2 Å².